The van der Waals surface area contributed by atoms with Crippen LogP contribution in [0.4, 0.5) is 13.2 Å². The summed E-state index contributed by atoms with van der Waals surface area (Å²) in [7, 11) is 1.37. The minimum Gasteiger partial charge on any atom is -0.496 e. The molecule has 0 heterocycles. The van der Waals surface area contributed by atoms with E-state index in [9.17, 15) is 18.0 Å². The molecule has 0 bridgehead atoms. The van der Waals surface area contributed by atoms with Crippen LogP contribution in [-0.4, -0.2) is 19.3 Å². The molecule has 0 unspecified atom stereocenters. The molecule has 0 fully saturated rings. The van der Waals surface area contributed by atoms with E-state index in [2.05, 4.69) is 20.7 Å². The van der Waals surface area contributed by atoms with Gasteiger partial charge in [-0.15, -0.1) is 0 Å². The number of alkyl halides is 3. The highest BCUT2D eigenvalue weighted by Crippen LogP contribution is 2.25. The zero-order valence-electron chi connectivity index (χ0n) is 8.68. The summed E-state index contributed by atoms with van der Waals surface area (Å²) in [4.78, 5) is 10.5. The van der Waals surface area contributed by atoms with Gasteiger partial charge in [-0.1, -0.05) is 15.9 Å². The Bertz CT molecular complexity index is 418. The third kappa shape index (κ3) is 3.92. The van der Waals surface area contributed by atoms with E-state index in [1.807, 2.05) is 0 Å². The molecule has 0 N–H and O–H groups in total. The van der Waals surface area contributed by atoms with Crippen molar-refractivity contribution in [3.63, 3.8) is 0 Å². The van der Waals surface area contributed by atoms with Gasteiger partial charge >= 0.3 is 12.1 Å². The maximum absolute atomic E-state index is 11.9. The van der Waals surface area contributed by atoms with Gasteiger partial charge in [-0.25, -0.2) is 4.79 Å². The number of methoxy groups -OCH3 is 1. The predicted octanol–water partition coefficient (Wildman–Crippen LogP) is 3.06. The van der Waals surface area contributed by atoms with Crippen LogP contribution in [0.5, 0.6) is 5.75 Å². The molecule has 0 aromatic heterocycles. The van der Waals surface area contributed by atoms with Crippen molar-refractivity contribution < 1.29 is 27.4 Å². The van der Waals surface area contributed by atoms with Crippen LogP contribution >= 0.6 is 15.9 Å². The van der Waals surface area contributed by atoms with Gasteiger partial charge in [0.15, 0.2) is 0 Å². The topological polar surface area (TPSA) is 35.5 Å². The molecule has 1 aromatic rings. The largest absolute Gasteiger partial charge is 0.496 e. The first-order valence-electron chi connectivity index (χ1n) is 4.41. The summed E-state index contributed by atoms with van der Waals surface area (Å²) in [5.74, 6) is -1.87. The number of halogens is 4. The number of esters is 1. The number of carbonyl (C=O) groups excluding carboxylic acids is 1. The third-order valence-corrected chi connectivity index (χ3v) is 2.33. The number of benzene rings is 1. The summed E-state index contributed by atoms with van der Waals surface area (Å²) < 4.78 is 45.4. The second-order valence-corrected chi connectivity index (χ2v) is 3.95. The predicted molar refractivity (Wildman–Crippen MR) is 56.5 cm³/mol. The lowest BCUT2D eigenvalue weighted by molar-refractivity contribution is -0.201. The molecule has 0 aliphatic rings. The van der Waals surface area contributed by atoms with E-state index >= 15 is 0 Å². The van der Waals surface area contributed by atoms with Gasteiger partial charge in [0, 0.05) is 10.0 Å². The van der Waals surface area contributed by atoms with E-state index < -0.39 is 18.8 Å². The molecule has 3 nitrogen and oxygen atoms in total. The summed E-state index contributed by atoms with van der Waals surface area (Å²) >= 11 is 3.15. The van der Waals surface area contributed by atoms with Gasteiger partial charge in [-0.2, -0.15) is 13.2 Å². The normalized spacial score (nSPS) is 11.1. The molecule has 0 spiro atoms. The molecular weight excluding hydrogens is 305 g/mol. The van der Waals surface area contributed by atoms with E-state index in [1.54, 1.807) is 12.1 Å². The number of rotatable bonds is 3. The van der Waals surface area contributed by atoms with Crippen LogP contribution in [0.15, 0.2) is 22.7 Å². The van der Waals surface area contributed by atoms with Crippen molar-refractivity contribution in [3.8, 4) is 5.75 Å². The van der Waals surface area contributed by atoms with Crippen molar-refractivity contribution in [1.82, 2.24) is 0 Å². The van der Waals surface area contributed by atoms with Crippen molar-refractivity contribution in [2.24, 2.45) is 0 Å². The van der Waals surface area contributed by atoms with Crippen LogP contribution in [-0.2, 0) is 16.1 Å². The molecular formula is C10H8BrF3O3. The maximum Gasteiger partial charge on any atom is 0.490 e. The van der Waals surface area contributed by atoms with Gasteiger partial charge in [-0.3, -0.25) is 0 Å². The van der Waals surface area contributed by atoms with Gasteiger partial charge in [0.1, 0.15) is 12.4 Å². The van der Waals surface area contributed by atoms with Gasteiger partial charge in [0.25, 0.3) is 0 Å². The first-order chi connectivity index (χ1) is 7.84. The van der Waals surface area contributed by atoms with E-state index in [4.69, 9.17) is 4.74 Å². The first kappa shape index (κ1) is 13.8. The van der Waals surface area contributed by atoms with Gasteiger partial charge in [0.05, 0.1) is 7.11 Å². The Kier molecular flexibility index (Phi) is 4.39. The molecule has 0 radical (unpaired) electrons. The SMILES string of the molecule is COc1ccc(Br)cc1COC(=O)C(F)(F)F. The zero-order valence-corrected chi connectivity index (χ0v) is 10.3. The molecule has 1 aromatic carbocycles. The smallest absolute Gasteiger partial charge is 0.490 e. The van der Waals surface area contributed by atoms with Crippen molar-refractivity contribution in [2.75, 3.05) is 7.11 Å². The van der Waals surface area contributed by atoms with E-state index in [0.29, 0.717) is 15.8 Å². The molecule has 17 heavy (non-hydrogen) atoms. The van der Waals surface area contributed by atoms with Gasteiger partial charge < -0.3 is 9.47 Å². The lowest BCUT2D eigenvalue weighted by Gasteiger charge is -2.10. The Morgan fingerprint density at radius 3 is 2.59 bits per heavy atom. The molecule has 7 heteroatoms. The maximum atomic E-state index is 11.9. The third-order valence-electron chi connectivity index (χ3n) is 1.83. The molecule has 0 aliphatic carbocycles. The Morgan fingerprint density at radius 2 is 2.06 bits per heavy atom. The molecule has 0 aliphatic heterocycles. The Hall–Kier alpha value is -1.24. The minimum atomic E-state index is -4.99. The number of ether oxygens (including phenoxy) is 2. The van der Waals surface area contributed by atoms with Gasteiger partial charge in [0.2, 0.25) is 0 Å². The second-order valence-electron chi connectivity index (χ2n) is 3.03. The van der Waals surface area contributed by atoms with Crippen molar-refractivity contribution >= 4 is 21.9 Å². The van der Waals surface area contributed by atoms with Crippen molar-refractivity contribution in [3.05, 3.63) is 28.2 Å². The molecule has 0 amide bonds. The van der Waals surface area contributed by atoms with Crippen molar-refractivity contribution in [1.29, 1.82) is 0 Å². The fraction of sp³-hybridized carbons (Fsp3) is 0.300. The second kappa shape index (κ2) is 5.39. The average molecular weight is 313 g/mol. The fourth-order valence-electron chi connectivity index (χ4n) is 1.09. The van der Waals surface area contributed by atoms with E-state index in [-0.39, 0.29) is 0 Å². The van der Waals surface area contributed by atoms with Gasteiger partial charge in [-0.05, 0) is 18.2 Å². The quantitative estimate of drug-likeness (QED) is 0.805. The Balaban J connectivity index is 2.75. The van der Waals surface area contributed by atoms with Crippen LogP contribution in [0.1, 0.15) is 5.56 Å². The lowest BCUT2D eigenvalue weighted by atomic mass is 10.2. The molecule has 94 valence electrons. The lowest BCUT2D eigenvalue weighted by Crippen LogP contribution is -2.25. The van der Waals surface area contributed by atoms with Crippen LogP contribution in [0.3, 0.4) is 0 Å². The average Bonchev–Trinajstić information content (AvgIpc) is 2.24. The molecule has 1 rings (SSSR count). The summed E-state index contributed by atoms with van der Waals surface area (Å²) in [5, 5.41) is 0. The minimum absolute atomic E-state index is 0.347. The molecule has 0 atom stereocenters. The Morgan fingerprint density at radius 1 is 1.41 bits per heavy atom. The van der Waals surface area contributed by atoms with Crippen LogP contribution < -0.4 is 4.74 Å². The molecule has 0 saturated heterocycles. The fourth-order valence-corrected chi connectivity index (χ4v) is 1.49. The highest BCUT2D eigenvalue weighted by atomic mass is 79.9. The number of hydrogen-bond donors (Lipinski definition) is 0. The summed E-state index contributed by atoms with van der Waals surface area (Å²) in [6, 6.07) is 4.73. The summed E-state index contributed by atoms with van der Waals surface area (Å²) in [6.45, 7) is -0.499. The highest BCUT2D eigenvalue weighted by Gasteiger charge is 2.40. The van der Waals surface area contributed by atoms with Crippen molar-refractivity contribution in [2.45, 2.75) is 12.8 Å². The van der Waals surface area contributed by atoms with E-state index in [1.165, 1.54) is 13.2 Å². The summed E-state index contributed by atoms with van der Waals surface area (Å²) in [5.41, 5.74) is 0.347. The van der Waals surface area contributed by atoms with E-state index in [0.717, 1.165) is 0 Å². The van der Waals surface area contributed by atoms with Crippen LogP contribution in [0.2, 0.25) is 0 Å². The standard InChI is InChI=1S/C10H8BrF3O3/c1-16-8-3-2-7(11)4-6(8)5-17-9(15)10(12,13)14/h2-4H,5H2,1H3. The molecule has 0 saturated carbocycles. The van der Waals surface area contributed by atoms with Crippen LogP contribution in [0, 0.1) is 0 Å². The highest BCUT2D eigenvalue weighted by molar-refractivity contribution is 9.10. The number of carbonyl (C=O) groups is 1. The zero-order chi connectivity index (χ0) is 13.1. The summed E-state index contributed by atoms with van der Waals surface area (Å²) in [6.07, 6.45) is -4.99. The first-order valence-corrected chi connectivity index (χ1v) is 5.20. The Labute approximate surface area is 104 Å². The number of hydrogen-bond acceptors (Lipinski definition) is 3. The van der Waals surface area contributed by atoms with Crippen LogP contribution in [0.25, 0.3) is 0 Å². The monoisotopic (exact) mass is 312 g/mol.